The van der Waals surface area contributed by atoms with Crippen molar-refractivity contribution in [2.45, 2.75) is 45.1 Å². The molecular formula is C26H27FN4O2. The average molecular weight is 447 g/mol. The summed E-state index contributed by atoms with van der Waals surface area (Å²) in [5.41, 5.74) is 2.63. The number of aryl methyl sites for hydroxylation is 2. The van der Waals surface area contributed by atoms with Gasteiger partial charge < -0.3 is 10.2 Å². The van der Waals surface area contributed by atoms with E-state index in [1.807, 2.05) is 35.2 Å². The van der Waals surface area contributed by atoms with Crippen LogP contribution in [0, 0.1) is 12.7 Å². The van der Waals surface area contributed by atoms with Crippen molar-refractivity contribution in [3.63, 3.8) is 0 Å². The molecule has 1 atom stereocenters. The highest BCUT2D eigenvalue weighted by Gasteiger charge is 2.30. The summed E-state index contributed by atoms with van der Waals surface area (Å²) in [6.07, 6.45) is 5.17. The molecule has 1 unspecified atom stereocenters. The van der Waals surface area contributed by atoms with Gasteiger partial charge >= 0.3 is 0 Å². The highest BCUT2D eigenvalue weighted by molar-refractivity contribution is 6.04. The number of anilines is 1. The molecule has 1 aromatic heterocycles. The van der Waals surface area contributed by atoms with E-state index in [0.717, 1.165) is 24.8 Å². The van der Waals surface area contributed by atoms with Gasteiger partial charge in [-0.3, -0.25) is 9.59 Å². The van der Waals surface area contributed by atoms with E-state index in [2.05, 4.69) is 15.3 Å². The average Bonchev–Trinajstić information content (AvgIpc) is 2.84. The lowest BCUT2D eigenvalue weighted by molar-refractivity contribution is -0.135. The molecule has 3 aromatic rings. The molecule has 0 spiro atoms. The molecular weight excluding hydrogens is 419 g/mol. The maximum absolute atomic E-state index is 13.1. The summed E-state index contributed by atoms with van der Waals surface area (Å²) in [6.45, 7) is 2.44. The Morgan fingerprint density at radius 3 is 2.58 bits per heavy atom. The highest BCUT2D eigenvalue weighted by Crippen LogP contribution is 2.30. The van der Waals surface area contributed by atoms with Crippen molar-refractivity contribution in [1.29, 1.82) is 0 Å². The Kier molecular flexibility index (Phi) is 7.07. The fourth-order valence-electron chi connectivity index (χ4n) is 4.13. The lowest BCUT2D eigenvalue weighted by atomic mass is 9.99. The second kappa shape index (κ2) is 10.3. The molecule has 170 valence electrons. The Bertz CT molecular complexity index is 1120. The fraction of sp³-hybridized carbons (Fsp3) is 0.308. The number of carbonyl (C=O) groups is 2. The molecule has 0 radical (unpaired) electrons. The Balaban J connectivity index is 1.45. The largest absolute Gasteiger partial charge is 0.332 e. The van der Waals surface area contributed by atoms with E-state index in [1.54, 1.807) is 25.3 Å². The van der Waals surface area contributed by atoms with E-state index in [-0.39, 0.29) is 23.7 Å². The van der Waals surface area contributed by atoms with Crippen molar-refractivity contribution in [2.75, 3.05) is 11.9 Å². The Morgan fingerprint density at radius 2 is 1.85 bits per heavy atom. The van der Waals surface area contributed by atoms with Gasteiger partial charge in [0.15, 0.2) is 5.82 Å². The molecule has 1 fully saturated rings. The van der Waals surface area contributed by atoms with Gasteiger partial charge in [-0.25, -0.2) is 14.4 Å². The van der Waals surface area contributed by atoms with Crippen LogP contribution >= 0.6 is 0 Å². The summed E-state index contributed by atoms with van der Waals surface area (Å²) >= 11 is 0. The van der Waals surface area contributed by atoms with E-state index in [4.69, 9.17) is 0 Å². The summed E-state index contributed by atoms with van der Waals surface area (Å²) in [5, 5.41) is 2.85. The minimum atomic E-state index is -0.283. The molecule has 0 aliphatic carbocycles. The SMILES string of the molecule is Cc1nc(C2CCCCN2C(=O)CCc2ccc(F)cc2)ncc1C(=O)Nc1ccccc1. The van der Waals surface area contributed by atoms with Crippen molar-refractivity contribution in [2.24, 2.45) is 0 Å². The fourth-order valence-corrected chi connectivity index (χ4v) is 4.13. The number of amides is 2. The third-order valence-corrected chi connectivity index (χ3v) is 5.94. The summed E-state index contributed by atoms with van der Waals surface area (Å²) in [7, 11) is 0. The molecule has 1 aliphatic rings. The van der Waals surface area contributed by atoms with Crippen LogP contribution in [0.3, 0.4) is 0 Å². The molecule has 2 heterocycles. The topological polar surface area (TPSA) is 75.2 Å². The van der Waals surface area contributed by atoms with Crippen LogP contribution in [0.4, 0.5) is 10.1 Å². The van der Waals surface area contributed by atoms with Crippen LogP contribution in [0.2, 0.25) is 0 Å². The number of hydrogen-bond acceptors (Lipinski definition) is 4. The molecule has 1 N–H and O–H groups in total. The van der Waals surface area contributed by atoms with Crippen molar-refractivity contribution in [3.05, 3.63) is 89.3 Å². The molecule has 33 heavy (non-hydrogen) atoms. The number of nitrogens with zero attached hydrogens (tertiary/aromatic N) is 3. The first kappa shape index (κ1) is 22.6. The first-order valence-corrected chi connectivity index (χ1v) is 11.2. The number of rotatable bonds is 6. The number of carbonyl (C=O) groups excluding carboxylic acids is 2. The summed E-state index contributed by atoms with van der Waals surface area (Å²) in [5.74, 6) is 0.0606. The van der Waals surface area contributed by atoms with Crippen LogP contribution in [0.1, 0.15) is 59.2 Å². The molecule has 1 saturated heterocycles. The van der Waals surface area contributed by atoms with Crippen LogP contribution in [0.5, 0.6) is 0 Å². The van der Waals surface area contributed by atoms with Crippen molar-refractivity contribution >= 4 is 17.5 Å². The first-order chi connectivity index (χ1) is 16.0. The van der Waals surface area contributed by atoms with Gasteiger partial charge in [0.2, 0.25) is 5.91 Å². The lowest BCUT2D eigenvalue weighted by Gasteiger charge is -2.35. The normalized spacial score (nSPS) is 15.8. The number of para-hydroxylation sites is 1. The van der Waals surface area contributed by atoms with E-state index >= 15 is 0 Å². The van der Waals surface area contributed by atoms with Gasteiger partial charge in [-0.05, 0) is 62.4 Å². The van der Waals surface area contributed by atoms with E-state index in [1.165, 1.54) is 12.1 Å². The van der Waals surface area contributed by atoms with Crippen LogP contribution in [-0.4, -0.2) is 33.2 Å². The van der Waals surface area contributed by atoms with Crippen LogP contribution in [-0.2, 0) is 11.2 Å². The van der Waals surface area contributed by atoms with Crippen LogP contribution < -0.4 is 5.32 Å². The maximum Gasteiger partial charge on any atom is 0.259 e. The van der Waals surface area contributed by atoms with Gasteiger partial charge in [0.05, 0.1) is 17.3 Å². The quantitative estimate of drug-likeness (QED) is 0.587. The maximum atomic E-state index is 13.1. The summed E-state index contributed by atoms with van der Waals surface area (Å²) in [6, 6.07) is 15.3. The second-order valence-electron chi connectivity index (χ2n) is 8.27. The van der Waals surface area contributed by atoms with Gasteiger partial charge in [-0.15, -0.1) is 0 Å². The standard InChI is InChI=1S/C26H27FN4O2/c1-18-22(26(33)30-21-7-3-2-4-8-21)17-28-25(29-18)23-9-5-6-16-31(23)24(32)15-12-19-10-13-20(27)14-11-19/h2-4,7-8,10-11,13-14,17,23H,5-6,9,12,15-16H2,1H3,(H,30,33). The van der Waals surface area contributed by atoms with E-state index < -0.39 is 0 Å². The predicted octanol–water partition coefficient (Wildman–Crippen LogP) is 4.86. The Morgan fingerprint density at radius 1 is 1.09 bits per heavy atom. The number of aromatic nitrogens is 2. The molecule has 7 heteroatoms. The van der Waals surface area contributed by atoms with Gasteiger partial charge in [0.25, 0.3) is 5.91 Å². The van der Waals surface area contributed by atoms with Crippen LogP contribution in [0.25, 0.3) is 0 Å². The number of likely N-dealkylation sites (tertiary alicyclic amines) is 1. The zero-order valence-electron chi connectivity index (χ0n) is 18.6. The molecule has 2 aromatic carbocycles. The number of hydrogen-bond donors (Lipinski definition) is 1. The molecule has 6 nitrogen and oxygen atoms in total. The molecule has 0 bridgehead atoms. The minimum absolute atomic E-state index is 0.0381. The van der Waals surface area contributed by atoms with Crippen molar-refractivity contribution < 1.29 is 14.0 Å². The van der Waals surface area contributed by atoms with E-state index in [0.29, 0.717) is 42.2 Å². The number of piperidine rings is 1. The zero-order chi connectivity index (χ0) is 23.2. The summed E-state index contributed by atoms with van der Waals surface area (Å²) < 4.78 is 13.1. The first-order valence-electron chi connectivity index (χ1n) is 11.2. The Hall–Kier alpha value is -3.61. The van der Waals surface area contributed by atoms with Gasteiger partial charge in [-0.1, -0.05) is 30.3 Å². The number of nitrogens with one attached hydrogen (secondary N) is 1. The van der Waals surface area contributed by atoms with Crippen molar-refractivity contribution in [3.8, 4) is 0 Å². The van der Waals surface area contributed by atoms with Crippen molar-refractivity contribution in [1.82, 2.24) is 14.9 Å². The lowest BCUT2D eigenvalue weighted by Crippen LogP contribution is -2.39. The molecule has 0 saturated carbocycles. The van der Waals surface area contributed by atoms with Gasteiger partial charge in [0.1, 0.15) is 5.82 Å². The molecule has 1 aliphatic heterocycles. The van der Waals surface area contributed by atoms with Crippen LogP contribution in [0.15, 0.2) is 60.8 Å². The Labute approximate surface area is 192 Å². The predicted molar refractivity (Wildman–Crippen MR) is 124 cm³/mol. The molecule has 2 amide bonds. The molecule has 4 rings (SSSR count). The second-order valence-corrected chi connectivity index (χ2v) is 8.27. The minimum Gasteiger partial charge on any atom is -0.332 e. The summed E-state index contributed by atoms with van der Waals surface area (Å²) in [4.78, 5) is 36.6. The third kappa shape index (κ3) is 5.61. The third-order valence-electron chi connectivity index (χ3n) is 5.94. The van der Waals surface area contributed by atoms with Gasteiger partial charge in [-0.2, -0.15) is 0 Å². The van der Waals surface area contributed by atoms with E-state index in [9.17, 15) is 14.0 Å². The highest BCUT2D eigenvalue weighted by atomic mass is 19.1. The zero-order valence-corrected chi connectivity index (χ0v) is 18.6. The number of halogens is 1. The van der Waals surface area contributed by atoms with Gasteiger partial charge in [0, 0.05) is 24.8 Å². The smallest absolute Gasteiger partial charge is 0.259 e. The monoisotopic (exact) mass is 446 g/mol. The number of benzene rings is 2.